The zero-order valence-corrected chi connectivity index (χ0v) is 9.11. The number of carboxylic acids is 1. The molecule has 1 amide bonds. The van der Waals surface area contributed by atoms with Crippen molar-refractivity contribution in [3.8, 4) is 12.3 Å². The first-order chi connectivity index (χ1) is 8.10. The number of rotatable bonds is 5. The van der Waals surface area contributed by atoms with E-state index in [1.807, 2.05) is 0 Å². The van der Waals surface area contributed by atoms with E-state index in [1.54, 1.807) is 0 Å². The predicted octanol–water partition coefficient (Wildman–Crippen LogP) is 0.622. The Kier molecular flexibility index (Phi) is 4.37. The SMILES string of the molecule is C#CCC(C(=O)O)N1CC(CN=[N+]=[N-])CC1=O. The first-order valence-electron chi connectivity index (χ1n) is 5.06. The number of likely N-dealkylation sites (tertiary alicyclic amines) is 1. The lowest BCUT2D eigenvalue weighted by molar-refractivity contribution is -0.148. The topological polar surface area (TPSA) is 106 Å². The lowest BCUT2D eigenvalue weighted by Gasteiger charge is -2.22. The largest absolute Gasteiger partial charge is 0.480 e. The van der Waals surface area contributed by atoms with Gasteiger partial charge in [0.2, 0.25) is 5.91 Å². The molecule has 0 aromatic carbocycles. The molecule has 0 aromatic heterocycles. The van der Waals surface area contributed by atoms with Crippen molar-refractivity contribution in [1.82, 2.24) is 4.90 Å². The molecule has 0 bridgehead atoms. The zero-order chi connectivity index (χ0) is 12.8. The van der Waals surface area contributed by atoms with Crippen LogP contribution in [0.1, 0.15) is 12.8 Å². The Hall–Kier alpha value is -2.19. The second kappa shape index (κ2) is 5.77. The predicted molar refractivity (Wildman–Crippen MR) is 58.7 cm³/mol. The zero-order valence-electron chi connectivity index (χ0n) is 9.11. The minimum Gasteiger partial charge on any atom is -0.480 e. The van der Waals surface area contributed by atoms with Crippen molar-refractivity contribution < 1.29 is 14.7 Å². The minimum atomic E-state index is -1.11. The Bertz CT molecular complexity index is 408. The van der Waals surface area contributed by atoms with Crippen LogP contribution in [0.5, 0.6) is 0 Å². The summed E-state index contributed by atoms with van der Waals surface area (Å²) < 4.78 is 0. The third-order valence-corrected chi connectivity index (χ3v) is 2.61. The van der Waals surface area contributed by atoms with Crippen LogP contribution in [-0.2, 0) is 9.59 Å². The van der Waals surface area contributed by atoms with Gasteiger partial charge in [-0.3, -0.25) is 4.79 Å². The van der Waals surface area contributed by atoms with Gasteiger partial charge in [-0.1, -0.05) is 5.11 Å². The maximum Gasteiger partial charge on any atom is 0.327 e. The molecule has 1 N–H and O–H groups in total. The third-order valence-electron chi connectivity index (χ3n) is 2.61. The van der Waals surface area contributed by atoms with Gasteiger partial charge in [-0.05, 0) is 11.4 Å². The molecule has 1 rings (SSSR count). The summed E-state index contributed by atoms with van der Waals surface area (Å²) in [7, 11) is 0. The third kappa shape index (κ3) is 3.13. The number of nitrogens with zero attached hydrogens (tertiary/aromatic N) is 4. The number of carbonyl (C=O) groups excluding carboxylic acids is 1. The second-order valence-electron chi connectivity index (χ2n) is 3.79. The van der Waals surface area contributed by atoms with E-state index in [2.05, 4.69) is 15.9 Å². The van der Waals surface area contributed by atoms with Gasteiger partial charge in [-0.25, -0.2) is 4.79 Å². The van der Waals surface area contributed by atoms with Crippen LogP contribution in [0, 0.1) is 18.3 Å². The van der Waals surface area contributed by atoms with E-state index >= 15 is 0 Å². The first-order valence-corrected chi connectivity index (χ1v) is 5.06. The highest BCUT2D eigenvalue weighted by Gasteiger charge is 2.36. The standard InChI is InChI=1S/C10H12N4O3/c1-2-3-8(10(16)17)14-6-7(4-9(14)15)5-12-13-11/h1,7-8H,3-6H2,(H,16,17). The number of aliphatic carboxylic acids is 1. The lowest BCUT2D eigenvalue weighted by atomic mass is 10.1. The normalized spacial score (nSPS) is 20.5. The van der Waals surface area contributed by atoms with E-state index in [0.717, 1.165) is 0 Å². The second-order valence-corrected chi connectivity index (χ2v) is 3.79. The number of carbonyl (C=O) groups is 2. The smallest absolute Gasteiger partial charge is 0.327 e. The lowest BCUT2D eigenvalue weighted by Crippen LogP contribution is -2.42. The van der Waals surface area contributed by atoms with E-state index in [4.69, 9.17) is 17.1 Å². The van der Waals surface area contributed by atoms with E-state index in [0.29, 0.717) is 0 Å². The van der Waals surface area contributed by atoms with Gasteiger partial charge in [0, 0.05) is 30.8 Å². The Labute approximate surface area is 98.0 Å². The van der Waals surface area contributed by atoms with Crippen LogP contribution in [0.25, 0.3) is 10.4 Å². The summed E-state index contributed by atoms with van der Waals surface area (Å²) in [5, 5.41) is 12.4. The molecule has 1 saturated heterocycles. The minimum absolute atomic E-state index is 0.0185. The fourth-order valence-electron chi connectivity index (χ4n) is 1.83. The van der Waals surface area contributed by atoms with Gasteiger partial charge in [-0.15, -0.1) is 12.3 Å². The molecule has 17 heavy (non-hydrogen) atoms. The van der Waals surface area contributed by atoms with Crippen LogP contribution in [0.2, 0.25) is 0 Å². The maximum absolute atomic E-state index is 11.6. The van der Waals surface area contributed by atoms with Crippen LogP contribution in [0.4, 0.5) is 0 Å². The van der Waals surface area contributed by atoms with Crippen molar-refractivity contribution in [2.75, 3.05) is 13.1 Å². The van der Waals surface area contributed by atoms with Crippen molar-refractivity contribution >= 4 is 11.9 Å². The van der Waals surface area contributed by atoms with Gasteiger partial charge in [-0.2, -0.15) is 0 Å². The molecule has 0 spiro atoms. The van der Waals surface area contributed by atoms with E-state index in [1.165, 1.54) is 4.90 Å². The van der Waals surface area contributed by atoms with Gasteiger partial charge >= 0.3 is 5.97 Å². The number of azide groups is 1. The first kappa shape index (κ1) is 12.9. The van der Waals surface area contributed by atoms with Gasteiger partial charge in [0.05, 0.1) is 0 Å². The molecular weight excluding hydrogens is 224 g/mol. The Morgan fingerprint density at radius 1 is 1.82 bits per heavy atom. The molecule has 0 radical (unpaired) electrons. The highest BCUT2D eigenvalue weighted by Crippen LogP contribution is 2.22. The monoisotopic (exact) mass is 236 g/mol. The summed E-state index contributed by atoms with van der Waals surface area (Å²) in [4.78, 5) is 26.5. The number of hydrogen-bond donors (Lipinski definition) is 1. The fourth-order valence-corrected chi connectivity index (χ4v) is 1.83. The summed E-state index contributed by atoms with van der Waals surface area (Å²) in [6.45, 7) is 0.470. The van der Waals surface area contributed by atoms with Crippen molar-refractivity contribution in [3.05, 3.63) is 10.4 Å². The molecule has 1 heterocycles. The molecule has 2 unspecified atom stereocenters. The van der Waals surface area contributed by atoms with Gasteiger partial charge in [0.1, 0.15) is 6.04 Å². The molecule has 1 fully saturated rings. The number of amides is 1. The summed E-state index contributed by atoms with van der Waals surface area (Å²) in [5.41, 5.74) is 8.18. The molecule has 1 aliphatic rings. The van der Waals surface area contributed by atoms with E-state index in [9.17, 15) is 9.59 Å². The Morgan fingerprint density at radius 2 is 2.53 bits per heavy atom. The van der Waals surface area contributed by atoms with Crippen LogP contribution in [0.3, 0.4) is 0 Å². The number of carboxylic acid groups (broad SMARTS) is 1. The van der Waals surface area contributed by atoms with Crippen molar-refractivity contribution in [2.24, 2.45) is 11.0 Å². The van der Waals surface area contributed by atoms with E-state index in [-0.39, 0.29) is 37.8 Å². The molecule has 7 heteroatoms. The maximum atomic E-state index is 11.6. The van der Waals surface area contributed by atoms with E-state index < -0.39 is 12.0 Å². The van der Waals surface area contributed by atoms with Crippen LogP contribution >= 0.6 is 0 Å². The Balaban J connectivity index is 2.71. The summed E-state index contributed by atoms with van der Waals surface area (Å²) >= 11 is 0. The highest BCUT2D eigenvalue weighted by atomic mass is 16.4. The molecule has 90 valence electrons. The molecule has 0 aliphatic carbocycles. The van der Waals surface area contributed by atoms with Gasteiger partial charge < -0.3 is 10.0 Å². The van der Waals surface area contributed by atoms with Crippen LogP contribution in [0.15, 0.2) is 5.11 Å². The average molecular weight is 236 g/mol. The van der Waals surface area contributed by atoms with Gasteiger partial charge in [0.25, 0.3) is 0 Å². The fraction of sp³-hybridized carbons (Fsp3) is 0.600. The highest BCUT2D eigenvalue weighted by molar-refractivity contribution is 5.85. The van der Waals surface area contributed by atoms with Crippen LogP contribution < -0.4 is 0 Å². The van der Waals surface area contributed by atoms with Crippen molar-refractivity contribution in [1.29, 1.82) is 0 Å². The summed E-state index contributed by atoms with van der Waals surface area (Å²) in [5.74, 6) is 0.752. The molecular formula is C10H12N4O3. The summed E-state index contributed by atoms with van der Waals surface area (Å²) in [6.07, 6.45) is 5.26. The van der Waals surface area contributed by atoms with Crippen molar-refractivity contribution in [3.63, 3.8) is 0 Å². The van der Waals surface area contributed by atoms with Gasteiger partial charge in [0.15, 0.2) is 0 Å². The quantitative estimate of drug-likeness (QED) is 0.327. The number of hydrogen-bond acceptors (Lipinski definition) is 3. The number of terminal acetylenes is 1. The molecule has 7 nitrogen and oxygen atoms in total. The van der Waals surface area contributed by atoms with Crippen molar-refractivity contribution in [2.45, 2.75) is 18.9 Å². The molecule has 1 aliphatic heterocycles. The Morgan fingerprint density at radius 3 is 3.06 bits per heavy atom. The molecule has 0 saturated carbocycles. The average Bonchev–Trinajstić information content (AvgIpc) is 2.64. The van der Waals surface area contributed by atoms with Crippen LogP contribution in [-0.4, -0.2) is 41.0 Å². The molecule has 0 aromatic rings. The molecule has 2 atom stereocenters. The summed E-state index contributed by atoms with van der Waals surface area (Å²) in [6, 6.07) is -0.983.